The summed E-state index contributed by atoms with van der Waals surface area (Å²) in [4.78, 5) is 24.5. The standard InChI is InChI=1S/C20H28O6/c1-5-12(3)19(23)26-18-16-13(4)20(24)25-15(16)9-11(2)7-6-8-14(10-21)17(18)22/h8-9,12,15-18,21-22H,4-7,10H2,1-3H3/b11-9+,14-8+/t12?,15-,16+,17-,18+/m1/s1. The number of aliphatic hydroxyl groups excluding tert-OH is 2. The summed E-state index contributed by atoms with van der Waals surface area (Å²) in [5, 5.41) is 20.5. The number of ether oxygens (including phenoxy) is 2. The van der Waals surface area contributed by atoms with Crippen LogP contribution in [0.3, 0.4) is 0 Å². The third-order valence-electron chi connectivity index (χ3n) is 5.15. The van der Waals surface area contributed by atoms with Crippen molar-refractivity contribution in [2.24, 2.45) is 11.8 Å². The molecule has 144 valence electrons. The van der Waals surface area contributed by atoms with E-state index in [9.17, 15) is 19.8 Å². The molecule has 6 nitrogen and oxygen atoms in total. The lowest BCUT2D eigenvalue weighted by atomic mass is 9.83. The third kappa shape index (κ3) is 4.24. The maximum absolute atomic E-state index is 12.4. The predicted octanol–water partition coefficient (Wildman–Crippen LogP) is 2.06. The topological polar surface area (TPSA) is 93.1 Å². The molecule has 0 aromatic carbocycles. The van der Waals surface area contributed by atoms with Crippen LogP contribution in [0.15, 0.2) is 35.5 Å². The average Bonchev–Trinajstić information content (AvgIpc) is 2.88. The van der Waals surface area contributed by atoms with Gasteiger partial charge in [0.1, 0.15) is 18.3 Å². The molecule has 0 aromatic heterocycles. The highest BCUT2D eigenvalue weighted by atomic mass is 16.6. The van der Waals surface area contributed by atoms with Crippen molar-refractivity contribution in [3.63, 3.8) is 0 Å². The van der Waals surface area contributed by atoms with Crippen molar-refractivity contribution in [3.05, 3.63) is 35.5 Å². The fraction of sp³-hybridized carbons (Fsp3) is 0.600. The fourth-order valence-corrected chi connectivity index (χ4v) is 3.22. The van der Waals surface area contributed by atoms with Crippen LogP contribution >= 0.6 is 0 Å². The first-order valence-corrected chi connectivity index (χ1v) is 9.05. The molecule has 1 heterocycles. The number of carbonyl (C=O) groups is 2. The van der Waals surface area contributed by atoms with Crippen molar-refractivity contribution in [3.8, 4) is 0 Å². The monoisotopic (exact) mass is 364 g/mol. The van der Waals surface area contributed by atoms with Gasteiger partial charge in [0.2, 0.25) is 0 Å². The number of allylic oxidation sites excluding steroid dienone is 2. The minimum atomic E-state index is -1.24. The molecular formula is C20H28O6. The lowest BCUT2D eigenvalue weighted by Gasteiger charge is -2.32. The van der Waals surface area contributed by atoms with Gasteiger partial charge in [-0.1, -0.05) is 32.1 Å². The number of fused-ring (bicyclic) bond motifs is 1. The van der Waals surface area contributed by atoms with Crippen LogP contribution in [0, 0.1) is 11.8 Å². The molecule has 2 aliphatic rings. The molecule has 5 atom stereocenters. The average molecular weight is 364 g/mol. The molecule has 1 fully saturated rings. The number of aliphatic hydroxyl groups is 2. The lowest BCUT2D eigenvalue weighted by molar-refractivity contribution is -0.162. The summed E-state index contributed by atoms with van der Waals surface area (Å²) in [5.74, 6) is -2.07. The summed E-state index contributed by atoms with van der Waals surface area (Å²) < 4.78 is 11.0. The second-order valence-corrected chi connectivity index (χ2v) is 7.07. The Bertz CT molecular complexity index is 632. The Kier molecular flexibility index (Phi) is 6.78. The van der Waals surface area contributed by atoms with Gasteiger partial charge in [-0.25, -0.2) is 4.79 Å². The molecule has 2 N–H and O–H groups in total. The van der Waals surface area contributed by atoms with Gasteiger partial charge in [0.15, 0.2) is 0 Å². The second kappa shape index (κ2) is 8.64. The SMILES string of the molecule is C=C1C(=O)O[C@@H]2/C=C(\C)CC/C=C(\CO)[C@@H](O)[C@@H](OC(=O)C(C)CC)[C@@H]12. The zero-order valence-corrected chi connectivity index (χ0v) is 15.6. The van der Waals surface area contributed by atoms with Gasteiger partial charge in [-0.2, -0.15) is 0 Å². The molecule has 0 spiro atoms. The Labute approximate surface area is 154 Å². The summed E-state index contributed by atoms with van der Waals surface area (Å²) in [6, 6.07) is 0. The summed E-state index contributed by atoms with van der Waals surface area (Å²) in [7, 11) is 0. The largest absolute Gasteiger partial charge is 0.458 e. The number of rotatable bonds is 4. The molecule has 0 amide bonds. The highest BCUT2D eigenvalue weighted by Crippen LogP contribution is 2.36. The zero-order chi connectivity index (χ0) is 19.4. The van der Waals surface area contributed by atoms with E-state index < -0.39 is 36.2 Å². The van der Waals surface area contributed by atoms with Crippen LogP contribution in [0.1, 0.15) is 40.0 Å². The lowest BCUT2D eigenvalue weighted by Crippen LogP contribution is -2.44. The maximum Gasteiger partial charge on any atom is 0.334 e. The third-order valence-corrected chi connectivity index (χ3v) is 5.15. The quantitative estimate of drug-likeness (QED) is 0.451. The predicted molar refractivity (Wildman–Crippen MR) is 96.0 cm³/mol. The number of hydrogen-bond donors (Lipinski definition) is 2. The molecular weight excluding hydrogens is 336 g/mol. The molecule has 26 heavy (non-hydrogen) atoms. The van der Waals surface area contributed by atoms with Crippen molar-refractivity contribution in [1.29, 1.82) is 0 Å². The van der Waals surface area contributed by atoms with Crippen molar-refractivity contribution >= 4 is 11.9 Å². The van der Waals surface area contributed by atoms with Gasteiger partial charge in [-0.15, -0.1) is 0 Å². The molecule has 2 rings (SSSR count). The number of carbonyl (C=O) groups excluding carboxylic acids is 2. The van der Waals surface area contributed by atoms with Crippen LogP contribution in [-0.4, -0.2) is 47.1 Å². The van der Waals surface area contributed by atoms with E-state index in [1.165, 1.54) is 0 Å². The highest BCUT2D eigenvalue weighted by Gasteiger charge is 2.48. The summed E-state index contributed by atoms with van der Waals surface area (Å²) in [6.45, 7) is 8.96. The Morgan fingerprint density at radius 2 is 2.19 bits per heavy atom. The zero-order valence-electron chi connectivity index (χ0n) is 15.6. The molecule has 6 heteroatoms. The van der Waals surface area contributed by atoms with Gasteiger partial charge in [-0.3, -0.25) is 4.79 Å². The van der Waals surface area contributed by atoms with E-state index in [-0.39, 0.29) is 18.1 Å². The van der Waals surface area contributed by atoms with Crippen LogP contribution in [0.4, 0.5) is 0 Å². The molecule has 1 saturated heterocycles. The van der Waals surface area contributed by atoms with Crippen LogP contribution in [0.25, 0.3) is 0 Å². The van der Waals surface area contributed by atoms with Gasteiger partial charge in [-0.05, 0) is 37.8 Å². The molecule has 0 aromatic rings. The van der Waals surface area contributed by atoms with Crippen molar-refractivity contribution < 1.29 is 29.3 Å². The minimum absolute atomic E-state index is 0.165. The summed E-state index contributed by atoms with van der Waals surface area (Å²) in [5.41, 5.74) is 1.55. The van der Waals surface area contributed by atoms with Crippen molar-refractivity contribution in [1.82, 2.24) is 0 Å². The van der Waals surface area contributed by atoms with E-state index in [0.717, 1.165) is 5.57 Å². The first-order chi connectivity index (χ1) is 12.3. The maximum atomic E-state index is 12.4. The molecule has 1 aliphatic carbocycles. The van der Waals surface area contributed by atoms with Gasteiger partial charge in [0, 0.05) is 5.57 Å². The summed E-state index contributed by atoms with van der Waals surface area (Å²) in [6.07, 6.45) is 2.56. The Hall–Kier alpha value is -1.92. The highest BCUT2D eigenvalue weighted by molar-refractivity contribution is 5.91. The van der Waals surface area contributed by atoms with Gasteiger partial charge < -0.3 is 19.7 Å². The molecule has 1 unspecified atom stereocenters. The van der Waals surface area contributed by atoms with E-state index in [2.05, 4.69) is 6.58 Å². The smallest absolute Gasteiger partial charge is 0.334 e. The Morgan fingerprint density at radius 3 is 2.81 bits per heavy atom. The second-order valence-electron chi connectivity index (χ2n) is 7.07. The number of esters is 2. The molecule has 0 radical (unpaired) electrons. The first kappa shape index (κ1) is 20.4. The molecule has 0 bridgehead atoms. The molecule has 0 saturated carbocycles. The molecule has 1 aliphatic heterocycles. The van der Waals surface area contributed by atoms with E-state index >= 15 is 0 Å². The van der Waals surface area contributed by atoms with E-state index in [1.807, 2.05) is 19.9 Å². The Morgan fingerprint density at radius 1 is 1.50 bits per heavy atom. The number of hydrogen-bond acceptors (Lipinski definition) is 6. The van der Waals surface area contributed by atoms with Crippen molar-refractivity contribution in [2.45, 2.75) is 58.3 Å². The van der Waals surface area contributed by atoms with Gasteiger partial charge >= 0.3 is 11.9 Å². The first-order valence-electron chi connectivity index (χ1n) is 9.05. The van der Waals surface area contributed by atoms with Gasteiger partial charge in [0.05, 0.1) is 18.4 Å². The normalized spacial score (nSPS) is 34.7. The van der Waals surface area contributed by atoms with Crippen LogP contribution in [0.2, 0.25) is 0 Å². The van der Waals surface area contributed by atoms with Crippen LogP contribution < -0.4 is 0 Å². The van der Waals surface area contributed by atoms with E-state index in [4.69, 9.17) is 9.47 Å². The van der Waals surface area contributed by atoms with Gasteiger partial charge in [0.25, 0.3) is 0 Å². The van der Waals surface area contributed by atoms with Crippen LogP contribution in [-0.2, 0) is 19.1 Å². The fourth-order valence-electron chi connectivity index (χ4n) is 3.22. The van der Waals surface area contributed by atoms with Crippen molar-refractivity contribution in [2.75, 3.05) is 6.61 Å². The minimum Gasteiger partial charge on any atom is -0.458 e. The van der Waals surface area contributed by atoms with E-state index in [1.54, 1.807) is 13.0 Å². The Balaban J connectivity index is 2.47. The van der Waals surface area contributed by atoms with Crippen LogP contribution in [0.5, 0.6) is 0 Å². The summed E-state index contributed by atoms with van der Waals surface area (Å²) >= 11 is 0. The van der Waals surface area contributed by atoms with E-state index in [0.29, 0.717) is 24.8 Å².